The molecule has 0 amide bonds. The van der Waals surface area contributed by atoms with Crippen LogP contribution in [0.3, 0.4) is 0 Å². The number of halogens is 1. The number of fused-ring (bicyclic) bond motifs is 1. The van der Waals surface area contributed by atoms with Gasteiger partial charge in [0, 0.05) is 5.39 Å². The zero-order valence-electron chi connectivity index (χ0n) is 8.66. The van der Waals surface area contributed by atoms with E-state index in [2.05, 4.69) is 9.97 Å². The highest BCUT2D eigenvalue weighted by molar-refractivity contribution is 6.34. The number of rotatable bonds is 1. The van der Waals surface area contributed by atoms with E-state index in [1.165, 1.54) is 0 Å². The topological polar surface area (TPSA) is 51.8 Å². The molecule has 0 aliphatic heterocycles. The first kappa shape index (κ1) is 10.3. The van der Waals surface area contributed by atoms with Gasteiger partial charge in [0.2, 0.25) is 0 Å². The van der Waals surface area contributed by atoms with Gasteiger partial charge in [0.25, 0.3) is 0 Å². The lowest BCUT2D eigenvalue weighted by Gasteiger charge is -2.08. The van der Waals surface area contributed by atoms with E-state index in [0.29, 0.717) is 11.0 Å². The first-order valence-electron chi connectivity index (χ1n) is 4.78. The number of hydrogen-bond donors (Lipinski definition) is 1. The Labute approximate surface area is 93.3 Å². The number of aryl methyl sites for hydroxylation is 1. The summed E-state index contributed by atoms with van der Waals surface area (Å²) in [7, 11) is 0. The van der Waals surface area contributed by atoms with E-state index in [0.717, 1.165) is 16.5 Å². The molecule has 2 N–H and O–H groups in total. The molecule has 78 valence electrons. The minimum absolute atomic E-state index is 0.202. The summed E-state index contributed by atoms with van der Waals surface area (Å²) >= 11 is 6.07. The Morgan fingerprint density at radius 3 is 2.73 bits per heavy atom. The molecule has 0 aliphatic carbocycles. The number of nitrogens with two attached hydrogens (primary N) is 1. The maximum Gasteiger partial charge on any atom is 0.147 e. The van der Waals surface area contributed by atoms with Gasteiger partial charge in [-0.05, 0) is 25.5 Å². The van der Waals surface area contributed by atoms with Crippen LogP contribution in [0, 0.1) is 6.92 Å². The Bertz CT molecular complexity index is 508. The summed E-state index contributed by atoms with van der Waals surface area (Å²) in [6.45, 7) is 3.84. The molecule has 0 spiro atoms. The summed E-state index contributed by atoms with van der Waals surface area (Å²) in [5.41, 5.74) is 7.70. The summed E-state index contributed by atoms with van der Waals surface area (Å²) in [5.74, 6) is 0.585. The van der Waals surface area contributed by atoms with Crippen LogP contribution in [0.25, 0.3) is 10.9 Å². The second-order valence-corrected chi connectivity index (χ2v) is 3.99. The lowest BCUT2D eigenvalue weighted by atomic mass is 10.1. The van der Waals surface area contributed by atoms with Gasteiger partial charge in [0.15, 0.2) is 0 Å². The van der Waals surface area contributed by atoms with Crippen LogP contribution in [-0.4, -0.2) is 9.97 Å². The number of aromatic nitrogens is 2. The molecule has 3 nitrogen and oxygen atoms in total. The molecule has 15 heavy (non-hydrogen) atoms. The van der Waals surface area contributed by atoms with Gasteiger partial charge in [-0.3, -0.25) is 0 Å². The Kier molecular flexibility index (Phi) is 2.59. The molecule has 4 heteroatoms. The quantitative estimate of drug-likeness (QED) is 0.754. The van der Waals surface area contributed by atoms with E-state index in [4.69, 9.17) is 17.3 Å². The standard InChI is InChI=1S/C11H12ClN3/c1-6-4-3-5-8-9(6)14-11(7(2)13)15-10(8)12/h3-5,7H,13H2,1-2H3. The van der Waals surface area contributed by atoms with Crippen molar-refractivity contribution < 1.29 is 0 Å². The second kappa shape index (κ2) is 3.76. The predicted molar refractivity (Wildman–Crippen MR) is 61.9 cm³/mol. The molecule has 2 aromatic rings. The van der Waals surface area contributed by atoms with Crippen molar-refractivity contribution in [3.05, 3.63) is 34.7 Å². The van der Waals surface area contributed by atoms with Gasteiger partial charge < -0.3 is 5.73 Å². The molecule has 1 heterocycles. The van der Waals surface area contributed by atoms with Crippen molar-refractivity contribution in [3.8, 4) is 0 Å². The Hall–Kier alpha value is -1.19. The SMILES string of the molecule is Cc1cccc2c(Cl)nc(C(C)N)nc12. The maximum atomic E-state index is 6.07. The highest BCUT2D eigenvalue weighted by Gasteiger charge is 2.09. The van der Waals surface area contributed by atoms with Crippen LogP contribution in [-0.2, 0) is 0 Å². The minimum atomic E-state index is -0.202. The minimum Gasteiger partial charge on any atom is -0.322 e. The number of benzene rings is 1. The van der Waals surface area contributed by atoms with Crippen LogP contribution in [0.15, 0.2) is 18.2 Å². The third-order valence-electron chi connectivity index (χ3n) is 2.31. The van der Waals surface area contributed by atoms with Crippen molar-refractivity contribution in [1.82, 2.24) is 9.97 Å². The summed E-state index contributed by atoms with van der Waals surface area (Å²) in [5, 5.41) is 1.34. The molecule has 0 radical (unpaired) electrons. The van der Waals surface area contributed by atoms with Crippen molar-refractivity contribution in [2.24, 2.45) is 5.73 Å². The second-order valence-electron chi connectivity index (χ2n) is 3.63. The van der Waals surface area contributed by atoms with Gasteiger partial charge in [-0.1, -0.05) is 23.7 Å². The van der Waals surface area contributed by atoms with E-state index in [-0.39, 0.29) is 6.04 Å². The molecule has 0 aliphatic rings. The highest BCUT2D eigenvalue weighted by atomic mass is 35.5. The van der Waals surface area contributed by atoms with Gasteiger partial charge in [0.1, 0.15) is 11.0 Å². The first-order chi connectivity index (χ1) is 7.09. The van der Waals surface area contributed by atoms with Gasteiger partial charge in [-0.15, -0.1) is 0 Å². The fourth-order valence-electron chi connectivity index (χ4n) is 1.48. The first-order valence-corrected chi connectivity index (χ1v) is 5.15. The Morgan fingerprint density at radius 1 is 1.33 bits per heavy atom. The fourth-order valence-corrected chi connectivity index (χ4v) is 1.72. The van der Waals surface area contributed by atoms with Crippen molar-refractivity contribution in [2.75, 3.05) is 0 Å². The molecule has 1 aromatic heterocycles. The molecule has 1 unspecified atom stereocenters. The molecular formula is C11H12ClN3. The van der Waals surface area contributed by atoms with Gasteiger partial charge in [0.05, 0.1) is 11.6 Å². The largest absolute Gasteiger partial charge is 0.322 e. The van der Waals surface area contributed by atoms with E-state index < -0.39 is 0 Å². The van der Waals surface area contributed by atoms with Crippen LogP contribution in [0.1, 0.15) is 24.4 Å². The van der Waals surface area contributed by atoms with Crippen molar-refractivity contribution in [1.29, 1.82) is 0 Å². The molecule has 1 atom stereocenters. The smallest absolute Gasteiger partial charge is 0.147 e. The monoisotopic (exact) mass is 221 g/mol. The molecule has 0 fully saturated rings. The molecule has 0 saturated heterocycles. The van der Waals surface area contributed by atoms with Gasteiger partial charge in [-0.2, -0.15) is 0 Å². The predicted octanol–water partition coefficient (Wildman–Crippen LogP) is 2.61. The van der Waals surface area contributed by atoms with E-state index in [9.17, 15) is 0 Å². The normalized spacial score (nSPS) is 13.1. The maximum absolute atomic E-state index is 6.07. The lowest BCUT2D eigenvalue weighted by Crippen LogP contribution is -2.10. The number of nitrogens with zero attached hydrogens (tertiary/aromatic N) is 2. The lowest BCUT2D eigenvalue weighted by molar-refractivity contribution is 0.746. The molecule has 1 aromatic carbocycles. The summed E-state index contributed by atoms with van der Waals surface area (Å²) in [4.78, 5) is 8.59. The van der Waals surface area contributed by atoms with Crippen molar-refractivity contribution in [2.45, 2.75) is 19.9 Å². The van der Waals surface area contributed by atoms with E-state index in [1.54, 1.807) is 0 Å². The summed E-state index contributed by atoms with van der Waals surface area (Å²) in [6.07, 6.45) is 0. The van der Waals surface area contributed by atoms with E-state index >= 15 is 0 Å². The van der Waals surface area contributed by atoms with Gasteiger partial charge >= 0.3 is 0 Å². The van der Waals surface area contributed by atoms with E-state index in [1.807, 2.05) is 32.0 Å². The zero-order valence-corrected chi connectivity index (χ0v) is 9.42. The third-order valence-corrected chi connectivity index (χ3v) is 2.59. The molecular weight excluding hydrogens is 210 g/mol. The van der Waals surface area contributed by atoms with Crippen molar-refractivity contribution in [3.63, 3.8) is 0 Å². The average molecular weight is 222 g/mol. The Morgan fingerprint density at radius 2 is 2.07 bits per heavy atom. The Balaban J connectivity index is 2.80. The average Bonchev–Trinajstić information content (AvgIpc) is 2.19. The highest BCUT2D eigenvalue weighted by Crippen LogP contribution is 2.23. The number of hydrogen-bond acceptors (Lipinski definition) is 3. The van der Waals surface area contributed by atoms with Crippen LogP contribution in [0.2, 0.25) is 5.15 Å². The van der Waals surface area contributed by atoms with Crippen LogP contribution in [0.5, 0.6) is 0 Å². The van der Waals surface area contributed by atoms with Crippen LogP contribution < -0.4 is 5.73 Å². The van der Waals surface area contributed by atoms with Gasteiger partial charge in [-0.25, -0.2) is 9.97 Å². The molecule has 0 bridgehead atoms. The zero-order chi connectivity index (χ0) is 11.0. The molecule has 2 rings (SSSR count). The fraction of sp³-hybridized carbons (Fsp3) is 0.273. The summed E-state index contributed by atoms with van der Waals surface area (Å²) < 4.78 is 0. The molecule has 0 saturated carbocycles. The third kappa shape index (κ3) is 1.80. The van der Waals surface area contributed by atoms with Crippen LogP contribution >= 0.6 is 11.6 Å². The van der Waals surface area contributed by atoms with Crippen LogP contribution in [0.4, 0.5) is 0 Å². The van der Waals surface area contributed by atoms with Crippen molar-refractivity contribution >= 4 is 22.5 Å². The summed E-state index contributed by atoms with van der Waals surface area (Å²) in [6, 6.07) is 5.65. The number of para-hydroxylation sites is 1.